The zero-order chi connectivity index (χ0) is 12.9. The van der Waals surface area contributed by atoms with Crippen LogP contribution in [0.3, 0.4) is 0 Å². The molecule has 4 nitrogen and oxygen atoms in total. The van der Waals surface area contributed by atoms with E-state index in [1.165, 1.54) is 0 Å². The number of sulfonamides is 1. The molecule has 5 heteroatoms. The van der Waals surface area contributed by atoms with Crippen LogP contribution in [0.4, 0.5) is 0 Å². The van der Waals surface area contributed by atoms with Crippen molar-refractivity contribution in [1.29, 1.82) is 0 Å². The Labute approximate surface area is 108 Å². The molecule has 1 aromatic rings. The monoisotopic (exact) mass is 267 g/mol. The molecule has 18 heavy (non-hydrogen) atoms. The highest BCUT2D eigenvalue weighted by Gasteiger charge is 2.62. The van der Waals surface area contributed by atoms with E-state index in [0.29, 0.717) is 4.90 Å². The van der Waals surface area contributed by atoms with Crippen molar-refractivity contribution < 1.29 is 13.2 Å². The van der Waals surface area contributed by atoms with Gasteiger partial charge in [-0.25, -0.2) is 8.42 Å². The molecule has 0 radical (unpaired) electrons. The number of aryl methyl sites for hydroxylation is 1. The van der Waals surface area contributed by atoms with E-state index in [-0.39, 0.29) is 18.2 Å². The Morgan fingerprint density at radius 2 is 1.89 bits per heavy atom. The van der Waals surface area contributed by atoms with E-state index >= 15 is 0 Å². The van der Waals surface area contributed by atoms with Gasteiger partial charge >= 0.3 is 0 Å². The quantitative estimate of drug-likeness (QED) is 0.781. The average molecular weight is 267 g/mol. The third kappa shape index (κ3) is 1.69. The van der Waals surface area contributed by atoms with E-state index in [0.717, 1.165) is 18.4 Å². The summed E-state index contributed by atoms with van der Waals surface area (Å²) in [5, 5.41) is 0. The normalized spacial score (nSPS) is 34.3. The standard InChI is InChI=1S/C13H17NO3S/c1-9-3-5-10(6-4-9)18(15,16)14-11-7-8-12(17-2)13(11)14/h3-6,11-13H,7-8H2,1-2H3/t11-,12+,13?,14?/m0/s1. The van der Waals surface area contributed by atoms with Crippen molar-refractivity contribution in [2.45, 2.75) is 42.8 Å². The Balaban J connectivity index is 1.87. The van der Waals surface area contributed by atoms with Crippen LogP contribution in [0.2, 0.25) is 0 Å². The number of hydrogen-bond donors (Lipinski definition) is 0. The molecule has 0 bridgehead atoms. The summed E-state index contributed by atoms with van der Waals surface area (Å²) in [6.07, 6.45) is 1.94. The zero-order valence-electron chi connectivity index (χ0n) is 10.5. The number of piperidine rings is 1. The van der Waals surface area contributed by atoms with Gasteiger partial charge in [0.25, 0.3) is 0 Å². The molecule has 1 aliphatic heterocycles. The van der Waals surface area contributed by atoms with E-state index < -0.39 is 10.0 Å². The molecule has 0 spiro atoms. The van der Waals surface area contributed by atoms with Crippen molar-refractivity contribution >= 4 is 10.0 Å². The average Bonchev–Trinajstić information content (AvgIpc) is 2.94. The second-order valence-electron chi connectivity index (χ2n) is 5.06. The zero-order valence-corrected chi connectivity index (χ0v) is 11.4. The van der Waals surface area contributed by atoms with Gasteiger partial charge in [0.05, 0.1) is 17.0 Å². The highest BCUT2D eigenvalue weighted by atomic mass is 32.2. The summed E-state index contributed by atoms with van der Waals surface area (Å²) in [7, 11) is -1.68. The Morgan fingerprint density at radius 3 is 2.50 bits per heavy atom. The summed E-state index contributed by atoms with van der Waals surface area (Å²) in [5.74, 6) is 0. The number of methoxy groups -OCH3 is 1. The summed E-state index contributed by atoms with van der Waals surface area (Å²) in [6.45, 7) is 1.95. The lowest BCUT2D eigenvalue weighted by Gasteiger charge is -2.14. The van der Waals surface area contributed by atoms with E-state index in [1.54, 1.807) is 23.5 Å². The minimum Gasteiger partial charge on any atom is -0.380 e. The summed E-state index contributed by atoms with van der Waals surface area (Å²) < 4.78 is 31.8. The molecule has 2 fully saturated rings. The van der Waals surface area contributed by atoms with Gasteiger partial charge in [-0.05, 0) is 31.9 Å². The fourth-order valence-corrected chi connectivity index (χ4v) is 4.77. The number of hydrogen-bond acceptors (Lipinski definition) is 3. The maximum Gasteiger partial charge on any atom is 0.243 e. The molecule has 2 aliphatic rings. The van der Waals surface area contributed by atoms with Crippen molar-refractivity contribution in [1.82, 2.24) is 4.31 Å². The molecule has 98 valence electrons. The summed E-state index contributed by atoms with van der Waals surface area (Å²) in [5.41, 5.74) is 1.06. The van der Waals surface area contributed by atoms with Gasteiger partial charge in [-0.3, -0.25) is 0 Å². The van der Waals surface area contributed by atoms with Crippen LogP contribution < -0.4 is 0 Å². The van der Waals surface area contributed by atoms with Crippen LogP contribution in [0.15, 0.2) is 29.2 Å². The van der Waals surface area contributed by atoms with Crippen molar-refractivity contribution in [3.63, 3.8) is 0 Å². The predicted molar refractivity (Wildman–Crippen MR) is 67.8 cm³/mol. The molecule has 1 aromatic carbocycles. The Kier molecular flexibility index (Phi) is 2.73. The molecule has 2 unspecified atom stereocenters. The molecular weight excluding hydrogens is 250 g/mol. The third-order valence-electron chi connectivity index (χ3n) is 3.95. The molecule has 1 saturated heterocycles. The SMILES string of the molecule is CO[C@@H]1CC[C@H]2C1N2S(=O)(=O)c1ccc(C)cc1. The molecule has 0 amide bonds. The second kappa shape index (κ2) is 4.05. The minimum atomic E-state index is -3.33. The lowest BCUT2D eigenvalue weighted by atomic mass is 10.2. The van der Waals surface area contributed by atoms with Gasteiger partial charge in [0.2, 0.25) is 10.0 Å². The van der Waals surface area contributed by atoms with E-state index in [2.05, 4.69) is 0 Å². The first-order valence-electron chi connectivity index (χ1n) is 6.18. The molecular formula is C13H17NO3S. The van der Waals surface area contributed by atoms with Gasteiger partial charge in [-0.15, -0.1) is 0 Å². The van der Waals surface area contributed by atoms with Crippen LogP contribution in [-0.2, 0) is 14.8 Å². The summed E-state index contributed by atoms with van der Waals surface area (Å²) >= 11 is 0. The third-order valence-corrected chi connectivity index (χ3v) is 5.89. The molecule has 1 heterocycles. The van der Waals surface area contributed by atoms with Gasteiger partial charge in [-0.2, -0.15) is 4.31 Å². The van der Waals surface area contributed by atoms with Crippen LogP contribution >= 0.6 is 0 Å². The van der Waals surface area contributed by atoms with E-state index in [1.807, 2.05) is 19.1 Å². The predicted octanol–water partition coefficient (Wildman–Crippen LogP) is 1.55. The molecule has 0 N–H and O–H groups in total. The lowest BCUT2D eigenvalue weighted by molar-refractivity contribution is 0.0963. The van der Waals surface area contributed by atoms with E-state index in [4.69, 9.17) is 4.74 Å². The van der Waals surface area contributed by atoms with Crippen molar-refractivity contribution in [3.8, 4) is 0 Å². The van der Waals surface area contributed by atoms with Gasteiger partial charge < -0.3 is 4.74 Å². The van der Waals surface area contributed by atoms with Gasteiger partial charge in [0.1, 0.15) is 0 Å². The number of ether oxygens (including phenoxy) is 1. The van der Waals surface area contributed by atoms with Crippen LogP contribution in [-0.4, -0.2) is 38.0 Å². The molecule has 3 rings (SSSR count). The Morgan fingerprint density at radius 1 is 1.22 bits per heavy atom. The second-order valence-corrected chi connectivity index (χ2v) is 6.90. The highest BCUT2D eigenvalue weighted by molar-refractivity contribution is 7.89. The fraction of sp³-hybridized carbons (Fsp3) is 0.538. The molecule has 4 atom stereocenters. The van der Waals surface area contributed by atoms with E-state index in [9.17, 15) is 8.42 Å². The fourth-order valence-electron chi connectivity index (χ4n) is 2.92. The number of rotatable bonds is 3. The first-order valence-corrected chi connectivity index (χ1v) is 7.62. The number of fused-ring (bicyclic) bond motifs is 1. The van der Waals surface area contributed by atoms with Crippen LogP contribution in [0.1, 0.15) is 18.4 Å². The molecule has 1 aliphatic carbocycles. The lowest BCUT2D eigenvalue weighted by Crippen LogP contribution is -2.25. The first-order chi connectivity index (χ1) is 8.55. The van der Waals surface area contributed by atoms with Crippen molar-refractivity contribution in [2.75, 3.05) is 7.11 Å². The summed E-state index contributed by atoms with van der Waals surface area (Å²) in [4.78, 5) is 0.386. The van der Waals surface area contributed by atoms with Gasteiger partial charge in [0.15, 0.2) is 0 Å². The van der Waals surface area contributed by atoms with Gasteiger partial charge in [0, 0.05) is 13.2 Å². The summed E-state index contributed by atoms with van der Waals surface area (Å²) in [6, 6.07) is 7.24. The van der Waals surface area contributed by atoms with Crippen molar-refractivity contribution in [2.24, 2.45) is 0 Å². The number of nitrogens with zero attached hydrogens (tertiary/aromatic N) is 1. The maximum atomic E-state index is 12.5. The molecule has 0 aromatic heterocycles. The smallest absolute Gasteiger partial charge is 0.243 e. The topological polar surface area (TPSA) is 46.4 Å². The first kappa shape index (κ1) is 12.1. The van der Waals surface area contributed by atoms with Crippen LogP contribution in [0.5, 0.6) is 0 Å². The maximum absolute atomic E-state index is 12.5. The van der Waals surface area contributed by atoms with Crippen LogP contribution in [0, 0.1) is 6.92 Å². The molecule has 1 saturated carbocycles. The van der Waals surface area contributed by atoms with Crippen LogP contribution in [0.25, 0.3) is 0 Å². The van der Waals surface area contributed by atoms with Gasteiger partial charge in [-0.1, -0.05) is 17.7 Å². The Bertz CT molecular complexity index is 552. The largest absolute Gasteiger partial charge is 0.380 e. The number of benzene rings is 1. The minimum absolute atomic E-state index is 0.0568. The van der Waals surface area contributed by atoms with Crippen molar-refractivity contribution in [3.05, 3.63) is 29.8 Å². The highest BCUT2D eigenvalue weighted by Crippen LogP contribution is 2.47. The Hall–Kier alpha value is -0.910.